The van der Waals surface area contributed by atoms with Crippen LogP contribution in [0.15, 0.2) is 18.3 Å². The van der Waals surface area contributed by atoms with Gasteiger partial charge >= 0.3 is 0 Å². The quantitative estimate of drug-likeness (QED) is 0.404. The second kappa shape index (κ2) is 13.3. The average Bonchev–Trinajstić information content (AvgIpc) is 2.73. The first-order chi connectivity index (χ1) is 14.3. The van der Waals surface area contributed by atoms with E-state index in [0.717, 1.165) is 12.8 Å². The fourth-order valence-electron chi connectivity index (χ4n) is 2.37. The largest absolute Gasteiger partial charge is 0.354 e. The van der Waals surface area contributed by atoms with Crippen LogP contribution >= 0.6 is 0 Å². The van der Waals surface area contributed by atoms with Gasteiger partial charge in [-0.1, -0.05) is 13.8 Å². The molecule has 1 rings (SSSR count). The molecule has 0 aromatic carbocycles. The molecule has 0 saturated heterocycles. The van der Waals surface area contributed by atoms with Crippen molar-refractivity contribution in [3.63, 3.8) is 0 Å². The molecule has 4 amide bonds. The molecule has 9 nitrogen and oxygen atoms in total. The Balaban J connectivity index is 2.47. The molecule has 1 heterocycles. The molecule has 1 aromatic rings. The molecular weight excluding hydrogens is 386 g/mol. The third-order valence-corrected chi connectivity index (χ3v) is 4.57. The minimum Gasteiger partial charge on any atom is -0.354 e. The molecule has 0 radical (unpaired) electrons. The topological polar surface area (TPSA) is 129 Å². The van der Waals surface area contributed by atoms with Gasteiger partial charge in [-0.2, -0.15) is 0 Å². The number of amides is 4. The van der Waals surface area contributed by atoms with Crippen LogP contribution in [0, 0.1) is 0 Å². The molecule has 9 heteroatoms. The Bertz CT molecular complexity index is 681. The van der Waals surface area contributed by atoms with Crippen molar-refractivity contribution in [3.05, 3.63) is 29.6 Å². The van der Waals surface area contributed by atoms with Gasteiger partial charge in [0.15, 0.2) is 0 Å². The lowest BCUT2D eigenvalue weighted by Gasteiger charge is -2.12. The molecule has 0 fully saturated rings. The van der Waals surface area contributed by atoms with Crippen LogP contribution in [-0.2, 0) is 9.59 Å². The highest BCUT2D eigenvalue weighted by atomic mass is 16.2. The summed E-state index contributed by atoms with van der Waals surface area (Å²) in [5.41, 5.74) is 0.353. The Labute approximate surface area is 177 Å². The zero-order valence-corrected chi connectivity index (χ0v) is 18.2. The highest BCUT2D eigenvalue weighted by Gasteiger charge is 2.13. The Morgan fingerprint density at radius 1 is 0.867 bits per heavy atom. The number of nitrogens with one attached hydrogen (secondary N) is 4. The predicted octanol–water partition coefficient (Wildman–Crippen LogP) is 1.15. The van der Waals surface area contributed by atoms with Gasteiger partial charge < -0.3 is 21.3 Å². The van der Waals surface area contributed by atoms with E-state index < -0.39 is 11.8 Å². The maximum atomic E-state index is 12.3. The Kier molecular flexibility index (Phi) is 11.1. The van der Waals surface area contributed by atoms with Gasteiger partial charge in [-0.15, -0.1) is 0 Å². The zero-order valence-electron chi connectivity index (χ0n) is 18.2. The summed E-state index contributed by atoms with van der Waals surface area (Å²) in [6, 6.07) is 3.05. The minimum atomic E-state index is -0.464. The van der Waals surface area contributed by atoms with Crippen molar-refractivity contribution in [1.29, 1.82) is 0 Å². The molecule has 166 valence electrons. The van der Waals surface area contributed by atoms with Crippen molar-refractivity contribution < 1.29 is 19.2 Å². The number of carbonyl (C=O) groups excluding carboxylic acids is 4. The van der Waals surface area contributed by atoms with Gasteiger partial charge in [0.2, 0.25) is 11.8 Å². The van der Waals surface area contributed by atoms with E-state index >= 15 is 0 Å². The van der Waals surface area contributed by atoms with E-state index in [1.165, 1.54) is 18.3 Å². The summed E-state index contributed by atoms with van der Waals surface area (Å²) in [7, 11) is 0. The zero-order chi connectivity index (χ0) is 22.5. The van der Waals surface area contributed by atoms with Crippen molar-refractivity contribution in [2.24, 2.45) is 0 Å². The molecule has 0 aliphatic heterocycles. The van der Waals surface area contributed by atoms with E-state index in [9.17, 15) is 19.2 Å². The van der Waals surface area contributed by atoms with Crippen LogP contribution in [0.25, 0.3) is 0 Å². The predicted molar refractivity (Wildman–Crippen MR) is 114 cm³/mol. The van der Waals surface area contributed by atoms with Gasteiger partial charge in [0.25, 0.3) is 11.8 Å². The van der Waals surface area contributed by atoms with E-state index in [2.05, 4.69) is 26.3 Å². The molecule has 1 aromatic heterocycles. The number of rotatable bonds is 12. The van der Waals surface area contributed by atoms with E-state index in [-0.39, 0.29) is 61.1 Å². The maximum Gasteiger partial charge on any atom is 0.269 e. The van der Waals surface area contributed by atoms with Gasteiger partial charge in [-0.3, -0.25) is 24.2 Å². The smallest absolute Gasteiger partial charge is 0.269 e. The fourth-order valence-corrected chi connectivity index (χ4v) is 2.37. The summed E-state index contributed by atoms with van der Waals surface area (Å²) in [6.07, 6.45) is 3.37. The van der Waals surface area contributed by atoms with Gasteiger partial charge in [-0.05, 0) is 38.8 Å². The molecule has 30 heavy (non-hydrogen) atoms. The molecule has 2 atom stereocenters. The average molecular weight is 420 g/mol. The first-order valence-electron chi connectivity index (χ1n) is 10.4. The molecule has 0 spiro atoms. The van der Waals surface area contributed by atoms with Crippen molar-refractivity contribution in [2.75, 3.05) is 13.1 Å². The molecule has 0 aliphatic rings. The van der Waals surface area contributed by atoms with Crippen LogP contribution in [0.2, 0.25) is 0 Å². The number of hydrogen-bond acceptors (Lipinski definition) is 5. The number of carbonyl (C=O) groups is 4. The summed E-state index contributed by atoms with van der Waals surface area (Å²) in [5, 5.41) is 10.9. The molecule has 4 N–H and O–H groups in total. The Morgan fingerprint density at radius 2 is 1.37 bits per heavy atom. The van der Waals surface area contributed by atoms with Crippen molar-refractivity contribution in [1.82, 2.24) is 26.3 Å². The van der Waals surface area contributed by atoms with Gasteiger partial charge in [-0.25, -0.2) is 0 Å². The first-order valence-corrected chi connectivity index (χ1v) is 10.4. The van der Waals surface area contributed by atoms with Crippen LogP contribution in [0.1, 0.15) is 74.2 Å². The summed E-state index contributed by atoms with van der Waals surface area (Å²) < 4.78 is 0. The normalized spacial score (nSPS) is 12.4. The van der Waals surface area contributed by atoms with Gasteiger partial charge in [0, 0.05) is 49.8 Å². The van der Waals surface area contributed by atoms with Crippen molar-refractivity contribution in [2.45, 2.75) is 65.5 Å². The number of aromatic nitrogens is 1. The lowest BCUT2D eigenvalue weighted by Crippen LogP contribution is -2.35. The van der Waals surface area contributed by atoms with E-state index in [0.29, 0.717) is 0 Å². The van der Waals surface area contributed by atoms with E-state index in [1.807, 2.05) is 27.7 Å². The highest BCUT2D eigenvalue weighted by Crippen LogP contribution is 2.02. The van der Waals surface area contributed by atoms with Crippen LogP contribution in [0.4, 0.5) is 0 Å². The van der Waals surface area contributed by atoms with Crippen LogP contribution < -0.4 is 21.3 Å². The summed E-state index contributed by atoms with van der Waals surface area (Å²) >= 11 is 0. The van der Waals surface area contributed by atoms with Crippen LogP contribution in [0.3, 0.4) is 0 Å². The van der Waals surface area contributed by atoms with Crippen molar-refractivity contribution >= 4 is 23.6 Å². The lowest BCUT2D eigenvalue weighted by molar-refractivity contribution is -0.122. The van der Waals surface area contributed by atoms with E-state index in [4.69, 9.17) is 0 Å². The third kappa shape index (κ3) is 9.49. The highest BCUT2D eigenvalue weighted by molar-refractivity contribution is 5.98. The van der Waals surface area contributed by atoms with Crippen molar-refractivity contribution in [3.8, 4) is 0 Å². The van der Waals surface area contributed by atoms with Crippen LogP contribution in [-0.4, -0.2) is 53.8 Å². The van der Waals surface area contributed by atoms with Crippen LogP contribution in [0.5, 0.6) is 0 Å². The molecule has 0 aliphatic carbocycles. The first kappa shape index (κ1) is 25.1. The maximum absolute atomic E-state index is 12.3. The summed E-state index contributed by atoms with van der Waals surface area (Å²) in [5.74, 6) is -1.12. The SMILES string of the molecule is CC[C@H](C)NC(=O)CCNC(=O)c1ccnc(C(=O)NCCC(=O)N[C@@H](C)CC)c1. The molecule has 0 unspecified atom stereocenters. The standard InChI is InChI=1S/C21H33N5O4/c1-5-14(3)25-18(27)8-11-23-20(29)16-7-10-22-17(13-16)21(30)24-12-9-19(28)26-15(4)6-2/h7,10,13-15H,5-6,8-9,11-12H2,1-4H3,(H,23,29)(H,24,30)(H,25,27)(H,26,28)/t14-,15-/m0/s1. The molecule has 0 saturated carbocycles. The minimum absolute atomic E-state index is 0.0829. The third-order valence-electron chi connectivity index (χ3n) is 4.57. The lowest BCUT2D eigenvalue weighted by atomic mass is 10.2. The number of pyridine rings is 1. The fraction of sp³-hybridized carbons (Fsp3) is 0.571. The van der Waals surface area contributed by atoms with Gasteiger partial charge in [0.05, 0.1) is 0 Å². The monoisotopic (exact) mass is 419 g/mol. The number of nitrogens with zero attached hydrogens (tertiary/aromatic N) is 1. The second-order valence-electron chi connectivity index (χ2n) is 7.20. The summed E-state index contributed by atoms with van der Waals surface area (Å²) in [6.45, 7) is 8.14. The number of hydrogen-bond donors (Lipinski definition) is 4. The summed E-state index contributed by atoms with van der Waals surface area (Å²) in [4.78, 5) is 51.9. The molecular formula is C21H33N5O4. The second-order valence-corrected chi connectivity index (χ2v) is 7.20. The van der Waals surface area contributed by atoms with Gasteiger partial charge in [0.1, 0.15) is 5.69 Å². The molecule has 0 bridgehead atoms. The van der Waals surface area contributed by atoms with E-state index in [1.54, 1.807) is 0 Å². The Morgan fingerprint density at radius 3 is 1.87 bits per heavy atom. The Hall–Kier alpha value is -2.97.